The number of hydrogen-bond donors (Lipinski definition) is 0. The molecule has 0 atom stereocenters. The lowest BCUT2D eigenvalue weighted by molar-refractivity contribution is 0.342. The van der Waals surface area contributed by atoms with Crippen molar-refractivity contribution in [2.75, 3.05) is 6.61 Å². The predicted molar refractivity (Wildman–Crippen MR) is 73.1 cm³/mol. The molecule has 3 heteroatoms. The molecule has 88 valence electrons. The van der Waals surface area contributed by atoms with Crippen LogP contribution in [0.3, 0.4) is 0 Å². The van der Waals surface area contributed by atoms with E-state index in [4.69, 9.17) is 27.9 Å². The maximum atomic E-state index is 6.17. The van der Waals surface area contributed by atoms with Crippen LogP contribution in [0, 0.1) is 0 Å². The molecule has 2 aromatic rings. The number of benzene rings is 2. The molecule has 0 aromatic heterocycles. The van der Waals surface area contributed by atoms with Crippen LogP contribution < -0.4 is 4.74 Å². The Labute approximate surface area is 111 Å². The summed E-state index contributed by atoms with van der Waals surface area (Å²) in [5.41, 5.74) is 2.02. The van der Waals surface area contributed by atoms with Crippen LogP contribution in [0.5, 0.6) is 5.75 Å². The highest BCUT2D eigenvalue weighted by molar-refractivity contribution is 6.43. The fourth-order valence-electron chi connectivity index (χ4n) is 1.66. The molecule has 0 bridgehead atoms. The smallest absolute Gasteiger partial charge is 0.147 e. The fraction of sp³-hybridized carbons (Fsp3) is 0.143. The van der Waals surface area contributed by atoms with E-state index in [0.717, 1.165) is 11.1 Å². The van der Waals surface area contributed by atoms with Gasteiger partial charge in [0.25, 0.3) is 0 Å². The van der Waals surface area contributed by atoms with Crippen LogP contribution in [0.1, 0.15) is 6.92 Å². The second kappa shape index (κ2) is 5.44. The summed E-state index contributed by atoms with van der Waals surface area (Å²) < 4.78 is 5.59. The zero-order valence-electron chi connectivity index (χ0n) is 9.41. The Morgan fingerprint density at radius 3 is 2.35 bits per heavy atom. The average Bonchev–Trinajstić information content (AvgIpc) is 2.36. The lowest BCUT2D eigenvalue weighted by atomic mass is 10.0. The molecule has 17 heavy (non-hydrogen) atoms. The first-order valence-corrected chi connectivity index (χ1v) is 6.16. The van der Waals surface area contributed by atoms with E-state index in [9.17, 15) is 0 Å². The summed E-state index contributed by atoms with van der Waals surface area (Å²) in [4.78, 5) is 0. The van der Waals surface area contributed by atoms with Gasteiger partial charge >= 0.3 is 0 Å². The van der Waals surface area contributed by atoms with E-state index < -0.39 is 0 Å². The third kappa shape index (κ3) is 2.56. The molecule has 0 saturated carbocycles. The minimum atomic E-state index is 0.467. The maximum absolute atomic E-state index is 6.17. The van der Waals surface area contributed by atoms with Crippen molar-refractivity contribution in [1.29, 1.82) is 0 Å². The summed E-state index contributed by atoms with van der Waals surface area (Å²) in [6.45, 7) is 2.48. The Balaban J connectivity index is 2.58. The van der Waals surface area contributed by atoms with E-state index in [-0.39, 0.29) is 0 Å². The molecule has 0 spiro atoms. The molecule has 0 unspecified atom stereocenters. The summed E-state index contributed by atoms with van der Waals surface area (Å²) in [6.07, 6.45) is 0. The SMILES string of the molecule is CCOc1c(-c2ccccc2)ccc(Cl)c1Cl. The number of ether oxygens (including phenoxy) is 1. The van der Waals surface area contributed by atoms with Crippen molar-refractivity contribution in [3.8, 4) is 16.9 Å². The number of rotatable bonds is 3. The van der Waals surface area contributed by atoms with E-state index in [1.54, 1.807) is 6.07 Å². The van der Waals surface area contributed by atoms with Crippen molar-refractivity contribution in [2.24, 2.45) is 0 Å². The van der Waals surface area contributed by atoms with Crippen LogP contribution in [0.15, 0.2) is 42.5 Å². The van der Waals surface area contributed by atoms with Gasteiger partial charge in [0.05, 0.1) is 11.6 Å². The lowest BCUT2D eigenvalue weighted by Gasteiger charge is -2.13. The number of hydrogen-bond acceptors (Lipinski definition) is 1. The molecule has 2 aromatic carbocycles. The molecule has 0 heterocycles. The van der Waals surface area contributed by atoms with E-state index in [1.807, 2.05) is 43.3 Å². The molecular formula is C14H12Cl2O. The van der Waals surface area contributed by atoms with Crippen molar-refractivity contribution in [3.05, 3.63) is 52.5 Å². The highest BCUT2D eigenvalue weighted by Gasteiger charge is 2.13. The summed E-state index contributed by atoms with van der Waals surface area (Å²) >= 11 is 12.2. The Hall–Kier alpha value is -1.18. The van der Waals surface area contributed by atoms with Crippen molar-refractivity contribution in [1.82, 2.24) is 0 Å². The van der Waals surface area contributed by atoms with Gasteiger partial charge in [0, 0.05) is 5.56 Å². The van der Waals surface area contributed by atoms with E-state index in [1.165, 1.54) is 0 Å². The molecule has 0 saturated heterocycles. The molecule has 1 nitrogen and oxygen atoms in total. The van der Waals surface area contributed by atoms with Gasteiger partial charge in [-0.15, -0.1) is 0 Å². The Bertz CT molecular complexity index is 509. The van der Waals surface area contributed by atoms with E-state index in [2.05, 4.69) is 0 Å². The molecule has 0 aliphatic heterocycles. The molecule has 0 amide bonds. The summed E-state index contributed by atoms with van der Waals surface area (Å²) in [5.74, 6) is 0.646. The minimum Gasteiger partial charge on any atom is -0.492 e. The quantitative estimate of drug-likeness (QED) is 0.755. The first-order chi connectivity index (χ1) is 8.24. The van der Waals surface area contributed by atoms with Crippen molar-refractivity contribution in [2.45, 2.75) is 6.92 Å². The van der Waals surface area contributed by atoms with Crippen LogP contribution >= 0.6 is 23.2 Å². The lowest BCUT2D eigenvalue weighted by Crippen LogP contribution is -1.95. The van der Waals surface area contributed by atoms with E-state index >= 15 is 0 Å². The normalized spacial score (nSPS) is 10.3. The molecule has 0 aliphatic rings. The van der Waals surface area contributed by atoms with Crippen LogP contribution in [-0.2, 0) is 0 Å². The standard InChI is InChI=1S/C14H12Cl2O/c1-2-17-14-11(8-9-12(15)13(14)16)10-6-4-3-5-7-10/h3-9H,2H2,1H3. The zero-order chi connectivity index (χ0) is 12.3. The van der Waals surface area contributed by atoms with Crippen LogP contribution in [0.25, 0.3) is 11.1 Å². The third-order valence-corrected chi connectivity index (χ3v) is 3.21. The Morgan fingerprint density at radius 1 is 1.00 bits per heavy atom. The molecule has 0 fully saturated rings. The fourth-order valence-corrected chi connectivity index (χ4v) is 2.03. The predicted octanol–water partition coefficient (Wildman–Crippen LogP) is 5.06. The Morgan fingerprint density at radius 2 is 1.71 bits per heavy atom. The van der Waals surface area contributed by atoms with Gasteiger partial charge in [-0.1, -0.05) is 53.5 Å². The molecule has 0 radical (unpaired) electrons. The highest BCUT2D eigenvalue weighted by Crippen LogP contribution is 2.40. The van der Waals surface area contributed by atoms with Gasteiger partial charge in [0.15, 0.2) is 0 Å². The van der Waals surface area contributed by atoms with Crippen LogP contribution in [0.2, 0.25) is 10.0 Å². The second-order valence-corrected chi connectivity index (χ2v) is 4.32. The van der Waals surface area contributed by atoms with Crippen molar-refractivity contribution in [3.63, 3.8) is 0 Å². The first kappa shape index (κ1) is 12.3. The van der Waals surface area contributed by atoms with Gasteiger partial charge in [0.2, 0.25) is 0 Å². The van der Waals surface area contributed by atoms with Gasteiger partial charge in [-0.05, 0) is 24.6 Å². The van der Waals surface area contributed by atoms with Crippen LogP contribution in [0.4, 0.5) is 0 Å². The van der Waals surface area contributed by atoms with Gasteiger partial charge in [-0.3, -0.25) is 0 Å². The van der Waals surface area contributed by atoms with Gasteiger partial charge in [0.1, 0.15) is 10.8 Å². The minimum absolute atomic E-state index is 0.467. The van der Waals surface area contributed by atoms with Gasteiger partial charge in [-0.25, -0.2) is 0 Å². The summed E-state index contributed by atoms with van der Waals surface area (Å²) in [6, 6.07) is 13.7. The third-order valence-electron chi connectivity index (χ3n) is 2.42. The summed E-state index contributed by atoms with van der Waals surface area (Å²) in [5, 5.41) is 0.977. The topological polar surface area (TPSA) is 9.23 Å². The zero-order valence-corrected chi connectivity index (χ0v) is 10.9. The molecule has 2 rings (SSSR count). The Kier molecular flexibility index (Phi) is 3.93. The summed E-state index contributed by atoms with van der Waals surface area (Å²) in [7, 11) is 0. The molecule has 0 N–H and O–H groups in total. The second-order valence-electron chi connectivity index (χ2n) is 3.54. The monoisotopic (exact) mass is 266 g/mol. The maximum Gasteiger partial charge on any atom is 0.147 e. The van der Waals surface area contributed by atoms with Crippen molar-refractivity contribution < 1.29 is 4.74 Å². The highest BCUT2D eigenvalue weighted by atomic mass is 35.5. The van der Waals surface area contributed by atoms with Crippen LogP contribution in [-0.4, -0.2) is 6.61 Å². The van der Waals surface area contributed by atoms with E-state index in [0.29, 0.717) is 22.4 Å². The molecule has 0 aliphatic carbocycles. The molecular weight excluding hydrogens is 255 g/mol. The largest absolute Gasteiger partial charge is 0.492 e. The first-order valence-electron chi connectivity index (χ1n) is 5.40. The average molecular weight is 267 g/mol. The van der Waals surface area contributed by atoms with Crippen molar-refractivity contribution >= 4 is 23.2 Å². The number of halogens is 2. The van der Waals surface area contributed by atoms with Gasteiger partial charge < -0.3 is 4.74 Å². The van der Waals surface area contributed by atoms with Gasteiger partial charge in [-0.2, -0.15) is 0 Å².